The summed E-state index contributed by atoms with van der Waals surface area (Å²) >= 11 is 0. The number of methoxy groups -OCH3 is 1. The number of anilines is 1. The predicted octanol–water partition coefficient (Wildman–Crippen LogP) is 2.14. The number of hydrogen-bond acceptors (Lipinski definition) is 4. The van der Waals surface area contributed by atoms with E-state index in [9.17, 15) is 9.59 Å². The molecule has 98 valence electrons. The number of carbonyl (C=O) groups is 2. The topological polar surface area (TPSA) is 75.6 Å². The van der Waals surface area contributed by atoms with Crippen LogP contribution in [0, 0.1) is 0 Å². The zero-order valence-electron chi connectivity index (χ0n) is 10.7. The molecule has 0 radical (unpaired) electrons. The lowest BCUT2D eigenvalue weighted by Crippen LogP contribution is -2.33. The Bertz CT molecular complexity index is 454. The fourth-order valence-corrected chi connectivity index (χ4v) is 1.65. The second-order valence-electron chi connectivity index (χ2n) is 4.65. The molecule has 5 nitrogen and oxygen atoms in total. The summed E-state index contributed by atoms with van der Waals surface area (Å²) in [6.07, 6.45) is -0.0184. The molecule has 0 spiro atoms. The Balaban J connectivity index is 2.85. The van der Waals surface area contributed by atoms with E-state index >= 15 is 0 Å². The third-order valence-corrected chi connectivity index (χ3v) is 2.36. The van der Waals surface area contributed by atoms with Gasteiger partial charge in [-0.1, -0.05) is 6.07 Å². The van der Waals surface area contributed by atoms with Crippen LogP contribution in [-0.2, 0) is 9.53 Å². The molecule has 0 aliphatic heterocycles. The molecule has 0 saturated carbocycles. The van der Waals surface area contributed by atoms with Crippen LogP contribution in [0.15, 0.2) is 24.3 Å². The normalized spacial score (nSPS) is 10.8. The molecule has 1 aromatic carbocycles. The Hall–Kier alpha value is -2.04. The van der Waals surface area contributed by atoms with Gasteiger partial charge in [0.1, 0.15) is 0 Å². The molecular weight excluding hydrogens is 234 g/mol. The highest BCUT2D eigenvalue weighted by atomic mass is 16.5. The molecule has 0 aromatic heterocycles. The average molecular weight is 251 g/mol. The van der Waals surface area contributed by atoms with Gasteiger partial charge in [-0.2, -0.15) is 0 Å². The smallest absolute Gasteiger partial charge is 0.337 e. The SMILES string of the molecule is COC(=O)c1cccc(NC(C)(C)CC(=O)O)c1. The molecule has 2 N–H and O–H groups in total. The molecule has 0 unspecified atom stereocenters. The first-order chi connectivity index (χ1) is 8.34. The van der Waals surface area contributed by atoms with Crippen LogP contribution in [0.2, 0.25) is 0 Å². The highest BCUT2D eigenvalue weighted by Gasteiger charge is 2.21. The van der Waals surface area contributed by atoms with E-state index in [1.165, 1.54) is 7.11 Å². The van der Waals surface area contributed by atoms with Gasteiger partial charge in [-0.3, -0.25) is 4.79 Å². The molecule has 0 bridgehead atoms. The summed E-state index contributed by atoms with van der Waals surface area (Å²) in [5.74, 6) is -1.30. The van der Waals surface area contributed by atoms with E-state index in [-0.39, 0.29) is 6.42 Å². The first kappa shape index (κ1) is 14.0. The van der Waals surface area contributed by atoms with Crippen molar-refractivity contribution in [2.24, 2.45) is 0 Å². The molecule has 18 heavy (non-hydrogen) atoms. The Morgan fingerprint density at radius 2 is 2.06 bits per heavy atom. The van der Waals surface area contributed by atoms with Crippen molar-refractivity contribution in [2.75, 3.05) is 12.4 Å². The Morgan fingerprint density at radius 1 is 1.39 bits per heavy atom. The van der Waals surface area contributed by atoms with Crippen LogP contribution in [0.3, 0.4) is 0 Å². The summed E-state index contributed by atoms with van der Waals surface area (Å²) in [5, 5.41) is 11.9. The number of nitrogens with one attached hydrogen (secondary N) is 1. The summed E-state index contributed by atoms with van der Waals surface area (Å²) in [7, 11) is 1.32. The van der Waals surface area contributed by atoms with Crippen molar-refractivity contribution in [3.8, 4) is 0 Å². The number of hydrogen-bond donors (Lipinski definition) is 2. The summed E-state index contributed by atoms with van der Waals surface area (Å²) < 4.78 is 4.63. The van der Waals surface area contributed by atoms with Gasteiger partial charge < -0.3 is 15.2 Å². The van der Waals surface area contributed by atoms with Crippen LogP contribution in [-0.4, -0.2) is 29.7 Å². The third kappa shape index (κ3) is 4.08. The van der Waals surface area contributed by atoms with Crippen molar-refractivity contribution in [1.29, 1.82) is 0 Å². The Morgan fingerprint density at radius 3 is 2.61 bits per heavy atom. The van der Waals surface area contributed by atoms with Crippen LogP contribution >= 0.6 is 0 Å². The van der Waals surface area contributed by atoms with Crippen molar-refractivity contribution in [2.45, 2.75) is 25.8 Å². The van der Waals surface area contributed by atoms with E-state index in [2.05, 4.69) is 10.1 Å². The maximum atomic E-state index is 11.4. The maximum Gasteiger partial charge on any atom is 0.337 e. The highest BCUT2D eigenvalue weighted by molar-refractivity contribution is 5.90. The lowest BCUT2D eigenvalue weighted by atomic mass is 10.00. The minimum Gasteiger partial charge on any atom is -0.481 e. The van der Waals surface area contributed by atoms with Crippen molar-refractivity contribution < 1.29 is 19.4 Å². The number of aliphatic carboxylic acids is 1. The Kier molecular flexibility index (Phi) is 4.31. The molecule has 0 amide bonds. The molecule has 0 saturated heterocycles. The second kappa shape index (κ2) is 5.53. The van der Waals surface area contributed by atoms with Crippen molar-refractivity contribution in [3.63, 3.8) is 0 Å². The van der Waals surface area contributed by atoms with Crippen molar-refractivity contribution in [3.05, 3.63) is 29.8 Å². The lowest BCUT2D eigenvalue weighted by Gasteiger charge is -2.25. The number of rotatable bonds is 5. The maximum absolute atomic E-state index is 11.4. The average Bonchev–Trinajstić information content (AvgIpc) is 2.25. The highest BCUT2D eigenvalue weighted by Crippen LogP contribution is 2.19. The van der Waals surface area contributed by atoms with Crippen LogP contribution in [0.1, 0.15) is 30.6 Å². The number of benzene rings is 1. The van der Waals surface area contributed by atoms with Crippen LogP contribution in [0.5, 0.6) is 0 Å². The van der Waals surface area contributed by atoms with Crippen molar-refractivity contribution in [1.82, 2.24) is 0 Å². The third-order valence-electron chi connectivity index (χ3n) is 2.36. The van der Waals surface area contributed by atoms with Gasteiger partial charge in [0.15, 0.2) is 0 Å². The molecule has 0 fully saturated rings. The molecule has 1 aromatic rings. The minimum atomic E-state index is -0.878. The summed E-state index contributed by atoms with van der Waals surface area (Å²) in [6, 6.07) is 6.76. The largest absolute Gasteiger partial charge is 0.481 e. The van der Waals surface area contributed by atoms with Crippen LogP contribution in [0.4, 0.5) is 5.69 Å². The summed E-state index contributed by atoms with van der Waals surface area (Å²) in [5.41, 5.74) is 0.512. The Labute approximate surface area is 106 Å². The van der Waals surface area contributed by atoms with E-state index in [1.807, 2.05) is 0 Å². The van der Waals surface area contributed by atoms with Gasteiger partial charge in [-0.05, 0) is 32.0 Å². The van der Waals surface area contributed by atoms with Gasteiger partial charge in [0.05, 0.1) is 19.1 Å². The number of carbonyl (C=O) groups excluding carboxylic acids is 1. The van der Waals surface area contributed by atoms with E-state index in [0.717, 1.165) is 0 Å². The predicted molar refractivity (Wildman–Crippen MR) is 67.7 cm³/mol. The molecule has 0 aliphatic carbocycles. The van der Waals surface area contributed by atoms with E-state index in [0.29, 0.717) is 11.3 Å². The van der Waals surface area contributed by atoms with Crippen molar-refractivity contribution >= 4 is 17.6 Å². The number of esters is 1. The summed E-state index contributed by atoms with van der Waals surface area (Å²) in [4.78, 5) is 22.1. The molecule has 5 heteroatoms. The van der Waals surface area contributed by atoms with Gasteiger partial charge in [0, 0.05) is 11.2 Å². The fourth-order valence-electron chi connectivity index (χ4n) is 1.65. The minimum absolute atomic E-state index is 0.0184. The van der Waals surface area contributed by atoms with E-state index in [1.54, 1.807) is 38.1 Å². The lowest BCUT2D eigenvalue weighted by molar-refractivity contribution is -0.137. The monoisotopic (exact) mass is 251 g/mol. The molecule has 0 atom stereocenters. The first-order valence-electron chi connectivity index (χ1n) is 5.52. The van der Waals surface area contributed by atoms with E-state index in [4.69, 9.17) is 5.11 Å². The summed E-state index contributed by atoms with van der Waals surface area (Å²) in [6.45, 7) is 3.57. The molecule has 0 heterocycles. The van der Waals surface area contributed by atoms with Crippen LogP contribution in [0.25, 0.3) is 0 Å². The quantitative estimate of drug-likeness (QED) is 0.784. The first-order valence-corrected chi connectivity index (χ1v) is 5.52. The van der Waals surface area contributed by atoms with Gasteiger partial charge in [-0.25, -0.2) is 4.79 Å². The number of ether oxygens (including phenoxy) is 1. The van der Waals surface area contributed by atoms with Gasteiger partial charge in [-0.15, -0.1) is 0 Å². The molecular formula is C13H17NO4. The standard InChI is InChI=1S/C13H17NO4/c1-13(2,8-11(15)16)14-10-6-4-5-9(7-10)12(17)18-3/h4-7,14H,8H2,1-3H3,(H,15,16). The number of carboxylic acid groups (broad SMARTS) is 1. The van der Waals surface area contributed by atoms with E-state index < -0.39 is 17.5 Å². The van der Waals surface area contributed by atoms with Crippen LogP contribution < -0.4 is 5.32 Å². The zero-order valence-corrected chi connectivity index (χ0v) is 10.7. The van der Waals surface area contributed by atoms with Gasteiger partial charge in [0.2, 0.25) is 0 Å². The molecule has 1 rings (SSSR count). The molecule has 0 aliphatic rings. The van der Waals surface area contributed by atoms with Gasteiger partial charge >= 0.3 is 11.9 Å². The zero-order chi connectivity index (χ0) is 13.8. The second-order valence-corrected chi connectivity index (χ2v) is 4.65. The number of carboxylic acids is 1. The fraction of sp³-hybridized carbons (Fsp3) is 0.385. The van der Waals surface area contributed by atoms with Gasteiger partial charge in [0.25, 0.3) is 0 Å².